The van der Waals surface area contributed by atoms with Gasteiger partial charge in [-0.15, -0.1) is 0 Å². The number of aromatic nitrogens is 2. The van der Waals surface area contributed by atoms with Crippen molar-refractivity contribution in [2.24, 2.45) is 17.1 Å². The SMILES string of the molecule is CC(C)CC1(CNc2nccnc2C(N)=S)CCCC1. The molecular weight excluding hydrogens is 268 g/mol. The Balaban J connectivity index is 2.08. The number of nitrogens with zero attached hydrogens (tertiary/aromatic N) is 2. The summed E-state index contributed by atoms with van der Waals surface area (Å²) in [6, 6.07) is 0. The van der Waals surface area contributed by atoms with E-state index in [1.165, 1.54) is 32.1 Å². The highest BCUT2D eigenvalue weighted by Crippen LogP contribution is 2.43. The van der Waals surface area contributed by atoms with E-state index in [2.05, 4.69) is 29.1 Å². The fourth-order valence-electron chi connectivity index (χ4n) is 3.36. The summed E-state index contributed by atoms with van der Waals surface area (Å²) >= 11 is 5.03. The average Bonchev–Trinajstić information content (AvgIpc) is 2.84. The molecule has 0 radical (unpaired) electrons. The molecule has 3 N–H and O–H groups in total. The zero-order valence-electron chi connectivity index (χ0n) is 12.4. The van der Waals surface area contributed by atoms with Crippen LogP contribution in [0.15, 0.2) is 12.4 Å². The molecule has 0 saturated heterocycles. The van der Waals surface area contributed by atoms with Gasteiger partial charge in [0.2, 0.25) is 0 Å². The van der Waals surface area contributed by atoms with Crippen LogP contribution in [-0.2, 0) is 0 Å². The molecule has 110 valence electrons. The first-order valence-electron chi connectivity index (χ1n) is 7.37. The molecule has 20 heavy (non-hydrogen) atoms. The molecule has 1 aromatic heterocycles. The van der Waals surface area contributed by atoms with Gasteiger partial charge in [0.25, 0.3) is 0 Å². The molecule has 1 aliphatic rings. The molecule has 0 unspecified atom stereocenters. The van der Waals surface area contributed by atoms with Gasteiger partial charge < -0.3 is 11.1 Å². The van der Waals surface area contributed by atoms with E-state index in [1.54, 1.807) is 12.4 Å². The molecule has 2 rings (SSSR count). The summed E-state index contributed by atoms with van der Waals surface area (Å²) < 4.78 is 0. The summed E-state index contributed by atoms with van der Waals surface area (Å²) in [5, 5.41) is 3.44. The standard InChI is InChI=1S/C15H24N4S/c1-11(2)9-15(5-3-4-6-15)10-19-14-12(13(16)20)17-7-8-18-14/h7-8,11H,3-6,9-10H2,1-2H3,(H2,16,20)(H,18,19). The van der Waals surface area contributed by atoms with E-state index in [0.717, 1.165) is 12.4 Å². The zero-order chi connectivity index (χ0) is 14.6. The van der Waals surface area contributed by atoms with Gasteiger partial charge >= 0.3 is 0 Å². The van der Waals surface area contributed by atoms with Gasteiger partial charge in [-0.2, -0.15) is 0 Å². The number of anilines is 1. The third-order valence-corrected chi connectivity index (χ3v) is 4.26. The Morgan fingerprint density at radius 1 is 1.35 bits per heavy atom. The third-order valence-electron chi connectivity index (χ3n) is 4.07. The highest BCUT2D eigenvalue weighted by Gasteiger charge is 2.34. The summed E-state index contributed by atoms with van der Waals surface area (Å²) in [5.74, 6) is 1.43. The predicted octanol–water partition coefficient (Wildman–Crippen LogP) is 3.13. The fourth-order valence-corrected chi connectivity index (χ4v) is 3.51. The van der Waals surface area contributed by atoms with Crippen LogP contribution in [0.4, 0.5) is 5.82 Å². The van der Waals surface area contributed by atoms with Crippen LogP contribution >= 0.6 is 12.2 Å². The molecule has 4 nitrogen and oxygen atoms in total. The Bertz CT molecular complexity index is 467. The van der Waals surface area contributed by atoms with Crippen molar-refractivity contribution < 1.29 is 0 Å². The van der Waals surface area contributed by atoms with Crippen molar-refractivity contribution >= 4 is 23.0 Å². The molecule has 0 aromatic carbocycles. The minimum Gasteiger partial charge on any atom is -0.388 e. The van der Waals surface area contributed by atoms with Crippen LogP contribution in [0.2, 0.25) is 0 Å². The molecule has 0 amide bonds. The van der Waals surface area contributed by atoms with E-state index >= 15 is 0 Å². The number of thiocarbonyl (C=S) groups is 1. The number of hydrogen-bond donors (Lipinski definition) is 2. The molecule has 1 heterocycles. The molecule has 0 atom stereocenters. The molecule has 5 heteroatoms. The largest absolute Gasteiger partial charge is 0.388 e. The van der Waals surface area contributed by atoms with Crippen LogP contribution in [0.3, 0.4) is 0 Å². The maximum atomic E-state index is 5.70. The van der Waals surface area contributed by atoms with E-state index in [1.807, 2.05) is 0 Å². The van der Waals surface area contributed by atoms with Crippen LogP contribution in [0, 0.1) is 11.3 Å². The topological polar surface area (TPSA) is 63.8 Å². The molecule has 0 spiro atoms. The van der Waals surface area contributed by atoms with E-state index in [0.29, 0.717) is 22.0 Å². The van der Waals surface area contributed by atoms with Crippen LogP contribution < -0.4 is 11.1 Å². The maximum absolute atomic E-state index is 5.70. The highest BCUT2D eigenvalue weighted by molar-refractivity contribution is 7.80. The predicted molar refractivity (Wildman–Crippen MR) is 86.8 cm³/mol. The van der Waals surface area contributed by atoms with Crippen molar-refractivity contribution in [1.29, 1.82) is 0 Å². The van der Waals surface area contributed by atoms with E-state index < -0.39 is 0 Å². The molecule has 0 bridgehead atoms. The van der Waals surface area contributed by atoms with Crippen molar-refractivity contribution in [2.75, 3.05) is 11.9 Å². The van der Waals surface area contributed by atoms with Gasteiger partial charge in [0.05, 0.1) is 0 Å². The first kappa shape index (κ1) is 15.2. The van der Waals surface area contributed by atoms with Gasteiger partial charge in [0.1, 0.15) is 10.7 Å². The Morgan fingerprint density at radius 3 is 2.60 bits per heavy atom. The minimum absolute atomic E-state index is 0.296. The number of rotatable bonds is 6. The van der Waals surface area contributed by atoms with Crippen LogP contribution in [0.1, 0.15) is 51.6 Å². The van der Waals surface area contributed by atoms with E-state index in [-0.39, 0.29) is 0 Å². The quantitative estimate of drug-likeness (QED) is 0.789. The number of nitrogens with two attached hydrogens (primary N) is 1. The van der Waals surface area contributed by atoms with Gasteiger partial charge in [-0.3, -0.25) is 0 Å². The number of nitrogens with one attached hydrogen (secondary N) is 1. The van der Waals surface area contributed by atoms with Crippen LogP contribution in [0.5, 0.6) is 0 Å². The lowest BCUT2D eigenvalue weighted by Gasteiger charge is -2.31. The summed E-state index contributed by atoms with van der Waals surface area (Å²) in [5.41, 5.74) is 6.69. The van der Waals surface area contributed by atoms with Crippen LogP contribution in [0.25, 0.3) is 0 Å². The smallest absolute Gasteiger partial charge is 0.155 e. The molecule has 1 saturated carbocycles. The zero-order valence-corrected chi connectivity index (χ0v) is 13.2. The summed E-state index contributed by atoms with van der Waals surface area (Å²) in [7, 11) is 0. The molecule has 0 aliphatic heterocycles. The first-order valence-corrected chi connectivity index (χ1v) is 7.78. The summed E-state index contributed by atoms with van der Waals surface area (Å²) in [6.07, 6.45) is 9.80. The summed E-state index contributed by atoms with van der Waals surface area (Å²) in [4.78, 5) is 8.84. The Labute approximate surface area is 126 Å². The van der Waals surface area contributed by atoms with Gasteiger partial charge in [-0.25, -0.2) is 9.97 Å². The second-order valence-corrected chi connectivity index (χ2v) is 6.72. The lowest BCUT2D eigenvalue weighted by Crippen LogP contribution is -2.29. The third kappa shape index (κ3) is 3.66. The lowest BCUT2D eigenvalue weighted by atomic mass is 9.78. The second-order valence-electron chi connectivity index (χ2n) is 6.28. The van der Waals surface area contributed by atoms with Gasteiger partial charge in [0, 0.05) is 18.9 Å². The normalized spacial score (nSPS) is 17.4. The Hall–Kier alpha value is -1.23. The molecule has 1 fully saturated rings. The van der Waals surface area contributed by atoms with Gasteiger partial charge in [0.15, 0.2) is 5.82 Å². The molecule has 1 aromatic rings. The van der Waals surface area contributed by atoms with Crippen molar-refractivity contribution in [3.8, 4) is 0 Å². The second kappa shape index (κ2) is 6.48. The minimum atomic E-state index is 0.296. The first-order chi connectivity index (χ1) is 9.52. The molecular formula is C15H24N4S. The lowest BCUT2D eigenvalue weighted by molar-refractivity contribution is 0.252. The van der Waals surface area contributed by atoms with Crippen molar-refractivity contribution in [3.05, 3.63) is 18.1 Å². The van der Waals surface area contributed by atoms with Crippen molar-refractivity contribution in [1.82, 2.24) is 9.97 Å². The average molecular weight is 292 g/mol. The van der Waals surface area contributed by atoms with Gasteiger partial charge in [-0.1, -0.05) is 38.9 Å². The maximum Gasteiger partial charge on any atom is 0.155 e. The van der Waals surface area contributed by atoms with Gasteiger partial charge in [-0.05, 0) is 30.6 Å². The Kier molecular flexibility index (Phi) is 4.91. The monoisotopic (exact) mass is 292 g/mol. The summed E-state index contributed by atoms with van der Waals surface area (Å²) in [6.45, 7) is 5.52. The van der Waals surface area contributed by atoms with E-state index in [9.17, 15) is 0 Å². The Morgan fingerprint density at radius 2 is 2.00 bits per heavy atom. The fraction of sp³-hybridized carbons (Fsp3) is 0.667. The highest BCUT2D eigenvalue weighted by atomic mass is 32.1. The van der Waals surface area contributed by atoms with E-state index in [4.69, 9.17) is 18.0 Å². The van der Waals surface area contributed by atoms with Crippen LogP contribution in [-0.4, -0.2) is 21.5 Å². The molecule has 1 aliphatic carbocycles. The number of hydrogen-bond acceptors (Lipinski definition) is 4. The van der Waals surface area contributed by atoms with Crippen molar-refractivity contribution in [2.45, 2.75) is 46.0 Å². The van der Waals surface area contributed by atoms with Crippen molar-refractivity contribution in [3.63, 3.8) is 0 Å².